The number of carbonyl (C=O) groups excluding carboxylic acids is 2. The highest BCUT2D eigenvalue weighted by molar-refractivity contribution is 6.30. The number of rotatable bonds is 7. The Hall–Kier alpha value is -3.68. The van der Waals surface area contributed by atoms with Gasteiger partial charge in [-0.15, -0.1) is 0 Å². The molecule has 14 heteroatoms. The molecule has 3 aromatic rings. The summed E-state index contributed by atoms with van der Waals surface area (Å²) in [6, 6.07) is 3.87. The van der Waals surface area contributed by atoms with Crippen molar-refractivity contribution in [2.75, 3.05) is 43.6 Å². The third-order valence-electron chi connectivity index (χ3n) is 7.48. The number of hydrogen-bond donors (Lipinski definition) is 2. The predicted molar refractivity (Wildman–Crippen MR) is 143 cm³/mol. The molecule has 2 aliphatic heterocycles. The van der Waals surface area contributed by atoms with Crippen molar-refractivity contribution < 1.29 is 32.6 Å². The van der Waals surface area contributed by atoms with Gasteiger partial charge in [0.15, 0.2) is 28.9 Å². The Morgan fingerprint density at radius 3 is 2.63 bits per heavy atom. The van der Waals surface area contributed by atoms with E-state index in [4.69, 9.17) is 16.3 Å². The first-order chi connectivity index (χ1) is 19.3. The van der Waals surface area contributed by atoms with E-state index in [2.05, 4.69) is 15.4 Å². The van der Waals surface area contributed by atoms with Gasteiger partial charge in [-0.3, -0.25) is 19.2 Å². The van der Waals surface area contributed by atoms with E-state index >= 15 is 8.78 Å². The molecule has 0 bridgehead atoms. The van der Waals surface area contributed by atoms with Gasteiger partial charge in [-0.05, 0) is 19.9 Å². The first kappa shape index (κ1) is 28.8. The predicted octanol–water partition coefficient (Wildman–Crippen LogP) is 2.87. The van der Waals surface area contributed by atoms with Crippen molar-refractivity contribution >= 4 is 35.1 Å². The number of fused-ring (bicyclic) bond motifs is 1. The number of pyridine rings is 1. The van der Waals surface area contributed by atoms with E-state index in [1.807, 2.05) is 0 Å². The van der Waals surface area contributed by atoms with Crippen LogP contribution in [0, 0.1) is 17.5 Å². The standard InChI is InChI=1S/C27H28ClF3N6O4/c1-26(16-6-5-7-17(28)20(16)30)12-37(23-18(29)11-35(3)34-23)24(38)15-8-32-22(21(31)19(15)26)33-14-9-36(10-14)25(39)27(2,40)13-41-4/h5-8,11,14,40H,9-10,12-13H2,1-4H3,(H,32,33)/t26-,27+/m1/s1. The summed E-state index contributed by atoms with van der Waals surface area (Å²) in [6.45, 7) is 2.66. The van der Waals surface area contributed by atoms with E-state index < -0.39 is 46.3 Å². The second kappa shape index (κ2) is 10.3. The zero-order chi connectivity index (χ0) is 29.9. The number of halogens is 4. The number of hydrogen-bond acceptors (Lipinski definition) is 7. The number of amides is 2. The molecule has 0 unspecified atom stereocenters. The molecule has 4 heterocycles. The summed E-state index contributed by atoms with van der Waals surface area (Å²) in [5.74, 6) is -4.26. The molecule has 1 fully saturated rings. The van der Waals surface area contributed by atoms with Crippen molar-refractivity contribution in [1.29, 1.82) is 0 Å². The molecule has 2 N–H and O–H groups in total. The fourth-order valence-electron chi connectivity index (χ4n) is 5.47. The lowest BCUT2D eigenvalue weighted by molar-refractivity contribution is -0.158. The highest BCUT2D eigenvalue weighted by Crippen LogP contribution is 2.45. The molecule has 0 saturated carbocycles. The second-order valence-corrected chi connectivity index (χ2v) is 11.2. The first-order valence-corrected chi connectivity index (χ1v) is 13.1. The Labute approximate surface area is 238 Å². The molecule has 218 valence electrons. The third kappa shape index (κ3) is 4.81. The first-order valence-electron chi connectivity index (χ1n) is 12.7. The van der Waals surface area contributed by atoms with Crippen LogP contribution in [0.15, 0.2) is 30.6 Å². The maximum absolute atomic E-state index is 16.3. The van der Waals surface area contributed by atoms with Crippen LogP contribution in [0.4, 0.5) is 24.8 Å². The van der Waals surface area contributed by atoms with Gasteiger partial charge in [-0.25, -0.2) is 18.2 Å². The number of nitrogens with one attached hydrogen (secondary N) is 1. The molecular weight excluding hydrogens is 565 g/mol. The fraction of sp³-hybridized carbons (Fsp3) is 0.407. The van der Waals surface area contributed by atoms with E-state index in [1.54, 1.807) is 0 Å². The second-order valence-electron chi connectivity index (χ2n) is 10.8. The van der Waals surface area contributed by atoms with E-state index in [-0.39, 0.29) is 59.6 Å². The maximum Gasteiger partial charge on any atom is 0.261 e. The summed E-state index contributed by atoms with van der Waals surface area (Å²) in [5, 5.41) is 17.1. The topological polar surface area (TPSA) is 113 Å². The number of anilines is 2. The van der Waals surface area contributed by atoms with Gasteiger partial charge in [0.25, 0.3) is 11.8 Å². The van der Waals surface area contributed by atoms with E-state index in [9.17, 15) is 19.1 Å². The van der Waals surface area contributed by atoms with Crippen molar-refractivity contribution in [2.24, 2.45) is 7.05 Å². The number of aryl methyl sites for hydroxylation is 1. The van der Waals surface area contributed by atoms with Gasteiger partial charge in [-0.1, -0.05) is 23.7 Å². The number of aromatic nitrogens is 3. The van der Waals surface area contributed by atoms with Crippen molar-refractivity contribution in [3.63, 3.8) is 0 Å². The highest BCUT2D eigenvalue weighted by Gasteiger charge is 2.48. The van der Waals surface area contributed by atoms with E-state index in [0.717, 1.165) is 17.3 Å². The number of benzene rings is 1. The van der Waals surface area contributed by atoms with Gasteiger partial charge in [0.1, 0.15) is 5.82 Å². The van der Waals surface area contributed by atoms with Crippen LogP contribution < -0.4 is 10.2 Å². The monoisotopic (exact) mass is 592 g/mol. The molecule has 2 amide bonds. The molecule has 0 radical (unpaired) electrons. The summed E-state index contributed by atoms with van der Waals surface area (Å²) < 4.78 is 52.6. The van der Waals surface area contributed by atoms with Crippen LogP contribution in [-0.4, -0.2) is 81.6 Å². The summed E-state index contributed by atoms with van der Waals surface area (Å²) >= 11 is 6.08. The average molecular weight is 593 g/mol. The summed E-state index contributed by atoms with van der Waals surface area (Å²) in [7, 11) is 2.85. The molecule has 2 aliphatic rings. The van der Waals surface area contributed by atoms with Crippen LogP contribution in [-0.2, 0) is 22.0 Å². The number of aliphatic hydroxyl groups is 1. The van der Waals surface area contributed by atoms with Crippen LogP contribution in [0.2, 0.25) is 5.02 Å². The van der Waals surface area contributed by atoms with E-state index in [1.165, 1.54) is 55.8 Å². The van der Waals surface area contributed by atoms with Gasteiger partial charge in [0.2, 0.25) is 0 Å². The van der Waals surface area contributed by atoms with Gasteiger partial charge < -0.3 is 20.1 Å². The summed E-state index contributed by atoms with van der Waals surface area (Å²) in [5.41, 5.74) is -3.57. The highest BCUT2D eigenvalue weighted by atomic mass is 35.5. The molecule has 41 heavy (non-hydrogen) atoms. The van der Waals surface area contributed by atoms with E-state index in [0.29, 0.717) is 0 Å². The van der Waals surface area contributed by atoms with Crippen LogP contribution >= 0.6 is 11.6 Å². The van der Waals surface area contributed by atoms with Crippen LogP contribution in [0.5, 0.6) is 0 Å². The van der Waals surface area contributed by atoms with Crippen LogP contribution in [0.1, 0.15) is 35.3 Å². The summed E-state index contributed by atoms with van der Waals surface area (Å²) in [6.07, 6.45) is 2.24. The number of nitrogens with zero attached hydrogens (tertiary/aromatic N) is 5. The number of likely N-dealkylation sites (tertiary alicyclic amines) is 1. The Balaban J connectivity index is 1.52. The fourth-order valence-corrected chi connectivity index (χ4v) is 5.64. The lowest BCUT2D eigenvalue weighted by atomic mass is 9.71. The average Bonchev–Trinajstić information content (AvgIpc) is 3.22. The summed E-state index contributed by atoms with van der Waals surface area (Å²) in [4.78, 5) is 32.7. The molecular formula is C27H28ClF3N6O4. The number of ether oxygens (including phenoxy) is 1. The minimum absolute atomic E-state index is 0.00284. The molecule has 0 aliphatic carbocycles. The van der Waals surface area contributed by atoms with Crippen molar-refractivity contribution in [3.8, 4) is 0 Å². The van der Waals surface area contributed by atoms with Crippen LogP contribution in [0.25, 0.3) is 0 Å². The SMILES string of the molecule is COC[C@](C)(O)C(=O)N1CC(Nc2ncc3c(c2F)[C@@](C)(c2cccc(Cl)c2F)CN(c2nn(C)cc2F)C3=O)C1. The largest absolute Gasteiger partial charge is 0.381 e. The van der Waals surface area contributed by atoms with Crippen LogP contribution in [0.3, 0.4) is 0 Å². The number of methoxy groups -OCH3 is 1. The van der Waals surface area contributed by atoms with Gasteiger partial charge in [-0.2, -0.15) is 5.10 Å². The number of carbonyl (C=O) groups is 2. The molecule has 2 aromatic heterocycles. The van der Waals surface area contributed by atoms with Gasteiger partial charge >= 0.3 is 0 Å². The quantitative estimate of drug-likeness (QED) is 0.434. The lowest BCUT2D eigenvalue weighted by Crippen LogP contribution is -2.62. The smallest absolute Gasteiger partial charge is 0.261 e. The van der Waals surface area contributed by atoms with Crippen molar-refractivity contribution in [2.45, 2.75) is 30.9 Å². The zero-order valence-electron chi connectivity index (χ0n) is 22.7. The minimum Gasteiger partial charge on any atom is -0.381 e. The van der Waals surface area contributed by atoms with Crippen molar-refractivity contribution in [3.05, 3.63) is 69.8 Å². The molecule has 5 rings (SSSR count). The normalized spacial score (nSPS) is 20.5. The van der Waals surface area contributed by atoms with Gasteiger partial charge in [0, 0.05) is 56.5 Å². The minimum atomic E-state index is -1.71. The zero-order valence-corrected chi connectivity index (χ0v) is 23.5. The molecule has 10 nitrogen and oxygen atoms in total. The maximum atomic E-state index is 16.3. The van der Waals surface area contributed by atoms with Crippen molar-refractivity contribution in [1.82, 2.24) is 19.7 Å². The molecule has 1 aromatic carbocycles. The lowest BCUT2D eigenvalue weighted by Gasteiger charge is -2.43. The Morgan fingerprint density at radius 2 is 2.00 bits per heavy atom. The molecule has 0 spiro atoms. The Morgan fingerprint density at radius 1 is 1.29 bits per heavy atom. The Kier molecular flexibility index (Phi) is 7.24. The molecule has 1 saturated heterocycles. The Bertz CT molecular complexity index is 1540. The van der Waals surface area contributed by atoms with Gasteiger partial charge in [0.05, 0.1) is 29.4 Å². The molecule has 2 atom stereocenters. The third-order valence-corrected chi connectivity index (χ3v) is 7.78.